The Morgan fingerprint density at radius 2 is 2.09 bits per heavy atom. The molecule has 2 rings (SSSR count). The van der Waals surface area contributed by atoms with Crippen molar-refractivity contribution in [1.82, 2.24) is 15.1 Å². The fourth-order valence-corrected chi connectivity index (χ4v) is 2.49. The van der Waals surface area contributed by atoms with Crippen molar-refractivity contribution in [2.45, 2.75) is 12.8 Å². The molecule has 0 aliphatic rings. The molecule has 118 valence electrons. The molecule has 0 spiro atoms. The summed E-state index contributed by atoms with van der Waals surface area (Å²) in [6.07, 6.45) is 0.481. The Morgan fingerprint density at radius 3 is 2.82 bits per heavy atom. The van der Waals surface area contributed by atoms with E-state index in [9.17, 15) is 13.6 Å². The van der Waals surface area contributed by atoms with Gasteiger partial charge in [-0.2, -0.15) is 0 Å². The molecule has 0 saturated carbocycles. The zero-order valence-corrected chi connectivity index (χ0v) is 13.1. The van der Waals surface area contributed by atoms with Crippen LogP contribution in [0.2, 0.25) is 0 Å². The summed E-state index contributed by atoms with van der Waals surface area (Å²) in [7, 11) is 3.91. The average Bonchev–Trinajstić information content (AvgIpc) is 2.89. The lowest BCUT2D eigenvalue weighted by Crippen LogP contribution is -2.15. The number of halogens is 2. The van der Waals surface area contributed by atoms with Gasteiger partial charge >= 0.3 is 0 Å². The summed E-state index contributed by atoms with van der Waals surface area (Å²) in [6.45, 7) is 0.830. The normalized spacial score (nSPS) is 11.0. The van der Waals surface area contributed by atoms with Crippen molar-refractivity contribution in [2.24, 2.45) is 0 Å². The van der Waals surface area contributed by atoms with E-state index < -0.39 is 17.5 Å². The van der Waals surface area contributed by atoms with E-state index in [4.69, 9.17) is 0 Å². The van der Waals surface area contributed by atoms with Gasteiger partial charge in [0.05, 0.1) is 6.42 Å². The topological polar surface area (TPSA) is 58.1 Å². The number of carbonyl (C=O) groups excluding carboxylic acids is 1. The molecule has 0 unspecified atom stereocenters. The summed E-state index contributed by atoms with van der Waals surface area (Å²) in [5, 5.41) is 11.6. The first-order chi connectivity index (χ1) is 10.5. The zero-order valence-electron chi connectivity index (χ0n) is 12.3. The van der Waals surface area contributed by atoms with Crippen molar-refractivity contribution in [3.05, 3.63) is 40.4 Å². The molecule has 22 heavy (non-hydrogen) atoms. The molecule has 0 bridgehead atoms. The summed E-state index contributed by atoms with van der Waals surface area (Å²) in [5.74, 6) is -2.42. The molecular weight excluding hydrogens is 310 g/mol. The fourth-order valence-electron chi connectivity index (χ4n) is 1.75. The molecule has 0 aliphatic heterocycles. The van der Waals surface area contributed by atoms with E-state index in [1.807, 2.05) is 19.0 Å². The number of hydrogen-bond acceptors (Lipinski definition) is 5. The van der Waals surface area contributed by atoms with Gasteiger partial charge in [-0.1, -0.05) is 23.5 Å². The van der Waals surface area contributed by atoms with Crippen LogP contribution in [-0.2, 0) is 17.6 Å². The molecule has 0 radical (unpaired) electrons. The number of rotatable bonds is 6. The van der Waals surface area contributed by atoms with E-state index in [0.717, 1.165) is 24.0 Å². The van der Waals surface area contributed by atoms with Gasteiger partial charge in [-0.15, -0.1) is 10.2 Å². The second-order valence-corrected chi connectivity index (χ2v) is 6.05. The number of benzene rings is 1. The SMILES string of the molecule is CN(C)CCc1nnc(NC(=O)Cc2cccc(F)c2F)s1. The average molecular weight is 326 g/mol. The minimum Gasteiger partial charge on any atom is -0.309 e. The summed E-state index contributed by atoms with van der Waals surface area (Å²) < 4.78 is 26.6. The van der Waals surface area contributed by atoms with Crippen molar-refractivity contribution in [1.29, 1.82) is 0 Å². The zero-order chi connectivity index (χ0) is 16.1. The maximum absolute atomic E-state index is 13.5. The number of anilines is 1. The largest absolute Gasteiger partial charge is 0.309 e. The number of aromatic nitrogens is 2. The van der Waals surface area contributed by atoms with Gasteiger partial charge in [-0.05, 0) is 20.2 Å². The number of carbonyl (C=O) groups is 1. The van der Waals surface area contributed by atoms with Gasteiger partial charge in [-0.25, -0.2) is 8.78 Å². The molecule has 1 amide bonds. The highest BCUT2D eigenvalue weighted by Crippen LogP contribution is 2.17. The third kappa shape index (κ3) is 4.54. The minimum absolute atomic E-state index is 0.00912. The van der Waals surface area contributed by atoms with Crippen molar-refractivity contribution < 1.29 is 13.6 Å². The van der Waals surface area contributed by atoms with Gasteiger partial charge in [0.2, 0.25) is 11.0 Å². The predicted octanol–water partition coefficient (Wildman–Crippen LogP) is 2.10. The number of nitrogens with one attached hydrogen (secondary N) is 1. The molecule has 1 heterocycles. The Labute approximate surface area is 131 Å². The molecule has 1 aromatic carbocycles. The Bertz CT molecular complexity index is 660. The first kappa shape index (κ1) is 16.4. The quantitative estimate of drug-likeness (QED) is 0.883. The maximum Gasteiger partial charge on any atom is 0.230 e. The molecule has 0 aliphatic carbocycles. The van der Waals surface area contributed by atoms with Crippen LogP contribution in [0.4, 0.5) is 13.9 Å². The van der Waals surface area contributed by atoms with Gasteiger partial charge in [-0.3, -0.25) is 4.79 Å². The Kier molecular flexibility index (Phi) is 5.51. The minimum atomic E-state index is -0.999. The highest BCUT2D eigenvalue weighted by atomic mass is 32.1. The molecule has 2 aromatic rings. The first-order valence-corrected chi connectivity index (χ1v) is 7.47. The van der Waals surface area contributed by atoms with Gasteiger partial charge in [0.1, 0.15) is 5.01 Å². The number of amides is 1. The van der Waals surface area contributed by atoms with Gasteiger partial charge < -0.3 is 10.2 Å². The summed E-state index contributed by atoms with van der Waals surface area (Å²) >= 11 is 1.27. The van der Waals surface area contributed by atoms with Gasteiger partial charge in [0.15, 0.2) is 11.6 Å². The van der Waals surface area contributed by atoms with Gasteiger partial charge in [0.25, 0.3) is 0 Å². The van der Waals surface area contributed by atoms with Crippen LogP contribution in [0.3, 0.4) is 0 Å². The highest BCUT2D eigenvalue weighted by molar-refractivity contribution is 7.15. The molecular formula is C14H16F2N4OS. The number of likely N-dealkylation sites (N-methyl/N-ethyl adjacent to an activating group) is 1. The summed E-state index contributed by atoms with van der Waals surface area (Å²) in [6, 6.07) is 3.75. The van der Waals surface area contributed by atoms with E-state index >= 15 is 0 Å². The first-order valence-electron chi connectivity index (χ1n) is 6.65. The van der Waals surface area contributed by atoms with Crippen LogP contribution < -0.4 is 5.32 Å². The lowest BCUT2D eigenvalue weighted by Gasteiger charge is -2.05. The third-order valence-electron chi connectivity index (χ3n) is 2.87. The molecule has 8 heteroatoms. The Hall–Kier alpha value is -1.93. The van der Waals surface area contributed by atoms with Crippen molar-refractivity contribution in [3.8, 4) is 0 Å². The monoisotopic (exact) mass is 326 g/mol. The van der Waals surface area contributed by atoms with Crippen LogP contribution in [0.1, 0.15) is 10.6 Å². The van der Waals surface area contributed by atoms with Crippen LogP contribution >= 0.6 is 11.3 Å². The number of hydrogen-bond donors (Lipinski definition) is 1. The van der Waals surface area contributed by atoms with E-state index in [1.165, 1.54) is 23.5 Å². The van der Waals surface area contributed by atoms with Gasteiger partial charge in [0, 0.05) is 18.5 Å². The lowest BCUT2D eigenvalue weighted by atomic mass is 10.1. The van der Waals surface area contributed by atoms with E-state index in [2.05, 4.69) is 15.5 Å². The number of nitrogens with zero attached hydrogens (tertiary/aromatic N) is 3. The standard InChI is InChI=1S/C14H16F2N4OS/c1-20(2)7-6-12-18-19-14(22-12)17-11(21)8-9-4-3-5-10(15)13(9)16/h3-5H,6-8H2,1-2H3,(H,17,19,21). The predicted molar refractivity (Wildman–Crippen MR) is 80.9 cm³/mol. The smallest absolute Gasteiger partial charge is 0.230 e. The van der Waals surface area contributed by atoms with Crippen molar-refractivity contribution in [3.63, 3.8) is 0 Å². The van der Waals surface area contributed by atoms with Crippen LogP contribution in [0.25, 0.3) is 0 Å². The van der Waals surface area contributed by atoms with E-state index in [0.29, 0.717) is 5.13 Å². The molecule has 0 fully saturated rings. The second-order valence-electron chi connectivity index (χ2n) is 4.99. The lowest BCUT2D eigenvalue weighted by molar-refractivity contribution is -0.115. The van der Waals surface area contributed by atoms with Crippen LogP contribution in [-0.4, -0.2) is 41.6 Å². The molecule has 1 N–H and O–H groups in total. The third-order valence-corrected chi connectivity index (χ3v) is 3.77. The Morgan fingerprint density at radius 1 is 1.32 bits per heavy atom. The molecule has 5 nitrogen and oxygen atoms in total. The van der Waals surface area contributed by atoms with Crippen LogP contribution in [0.15, 0.2) is 18.2 Å². The van der Waals surface area contributed by atoms with Crippen molar-refractivity contribution in [2.75, 3.05) is 26.0 Å². The molecule has 0 atom stereocenters. The second kappa shape index (κ2) is 7.37. The summed E-state index contributed by atoms with van der Waals surface area (Å²) in [5.41, 5.74) is 0.00912. The maximum atomic E-state index is 13.5. The highest BCUT2D eigenvalue weighted by Gasteiger charge is 2.13. The fraction of sp³-hybridized carbons (Fsp3) is 0.357. The van der Waals surface area contributed by atoms with Crippen LogP contribution in [0.5, 0.6) is 0 Å². The molecule has 0 saturated heterocycles. The summed E-state index contributed by atoms with van der Waals surface area (Å²) in [4.78, 5) is 13.9. The van der Waals surface area contributed by atoms with Crippen LogP contribution in [0, 0.1) is 11.6 Å². The van der Waals surface area contributed by atoms with E-state index in [-0.39, 0.29) is 12.0 Å². The van der Waals surface area contributed by atoms with Crippen molar-refractivity contribution >= 4 is 22.4 Å². The molecule has 1 aromatic heterocycles. The Balaban J connectivity index is 1.93. The van der Waals surface area contributed by atoms with E-state index in [1.54, 1.807) is 0 Å².